The Morgan fingerprint density at radius 1 is 1.00 bits per heavy atom. The number of fused-ring (bicyclic) bond motifs is 7. The van der Waals surface area contributed by atoms with Gasteiger partial charge in [0.2, 0.25) is 6.79 Å². The van der Waals surface area contributed by atoms with Crippen LogP contribution in [-0.4, -0.2) is 16.8 Å². The molecule has 1 aliphatic rings. The van der Waals surface area contributed by atoms with E-state index in [1.165, 1.54) is 0 Å². The van der Waals surface area contributed by atoms with E-state index in [0.29, 0.717) is 16.9 Å². The fourth-order valence-electron chi connectivity index (χ4n) is 3.08. The van der Waals surface area contributed by atoms with Gasteiger partial charge in [-0.1, -0.05) is 18.2 Å². The quantitative estimate of drug-likeness (QED) is 0.506. The molecule has 106 valence electrons. The number of benzene rings is 2. The first kappa shape index (κ1) is 11.6. The standard InChI is InChI=1S/C17H10N2O3/c20-17-10-4-2-1-3-9(10)11-7-18-12-5-6-13-16(22-8-21-13)14(12)15(11)19-17/h1-7H,8H2,(H,19,20). The van der Waals surface area contributed by atoms with Crippen LogP contribution in [0.1, 0.15) is 0 Å². The van der Waals surface area contributed by atoms with Crippen molar-refractivity contribution in [2.75, 3.05) is 6.79 Å². The highest BCUT2D eigenvalue weighted by Crippen LogP contribution is 2.41. The first-order valence-electron chi connectivity index (χ1n) is 6.95. The minimum absolute atomic E-state index is 0.118. The minimum Gasteiger partial charge on any atom is -0.454 e. The molecule has 0 saturated heterocycles. The molecule has 2 aromatic carbocycles. The molecule has 0 saturated carbocycles. The van der Waals surface area contributed by atoms with Gasteiger partial charge in [0.25, 0.3) is 5.56 Å². The van der Waals surface area contributed by atoms with Gasteiger partial charge in [-0.3, -0.25) is 9.78 Å². The molecule has 4 aromatic rings. The van der Waals surface area contributed by atoms with Gasteiger partial charge in [0.15, 0.2) is 11.5 Å². The third kappa shape index (κ3) is 1.37. The van der Waals surface area contributed by atoms with Crippen LogP contribution in [0.4, 0.5) is 0 Å². The maximum absolute atomic E-state index is 12.4. The number of nitrogens with zero attached hydrogens (tertiary/aromatic N) is 1. The summed E-state index contributed by atoms with van der Waals surface area (Å²) in [4.78, 5) is 19.9. The van der Waals surface area contributed by atoms with Gasteiger partial charge >= 0.3 is 0 Å². The summed E-state index contributed by atoms with van der Waals surface area (Å²) in [7, 11) is 0. The molecule has 3 heterocycles. The Bertz CT molecular complexity index is 1130. The van der Waals surface area contributed by atoms with E-state index >= 15 is 0 Å². The Balaban J connectivity index is 2.10. The van der Waals surface area contributed by atoms with E-state index in [4.69, 9.17) is 9.47 Å². The largest absolute Gasteiger partial charge is 0.454 e. The lowest BCUT2D eigenvalue weighted by molar-refractivity contribution is 0.175. The number of aromatic amines is 1. The van der Waals surface area contributed by atoms with Crippen LogP contribution in [0.3, 0.4) is 0 Å². The lowest BCUT2D eigenvalue weighted by Crippen LogP contribution is -2.06. The van der Waals surface area contributed by atoms with E-state index in [9.17, 15) is 4.79 Å². The maximum atomic E-state index is 12.4. The second kappa shape index (κ2) is 3.98. The Kier molecular flexibility index (Phi) is 2.09. The minimum atomic E-state index is -0.118. The summed E-state index contributed by atoms with van der Waals surface area (Å²) in [5.74, 6) is 1.32. The van der Waals surface area contributed by atoms with Crippen LogP contribution in [0, 0.1) is 0 Å². The molecule has 2 aromatic heterocycles. The van der Waals surface area contributed by atoms with Crippen molar-refractivity contribution < 1.29 is 9.47 Å². The molecular weight excluding hydrogens is 280 g/mol. The van der Waals surface area contributed by atoms with E-state index in [0.717, 1.165) is 27.2 Å². The van der Waals surface area contributed by atoms with Crippen molar-refractivity contribution in [1.82, 2.24) is 9.97 Å². The summed E-state index contributed by atoms with van der Waals surface area (Å²) in [6.45, 7) is 0.183. The maximum Gasteiger partial charge on any atom is 0.256 e. The number of aromatic nitrogens is 2. The Morgan fingerprint density at radius 3 is 2.77 bits per heavy atom. The third-order valence-corrected chi connectivity index (χ3v) is 4.07. The number of hydrogen-bond acceptors (Lipinski definition) is 4. The highest BCUT2D eigenvalue weighted by atomic mass is 16.7. The van der Waals surface area contributed by atoms with Gasteiger partial charge in [-0.25, -0.2) is 0 Å². The molecule has 1 aliphatic heterocycles. The number of pyridine rings is 2. The smallest absolute Gasteiger partial charge is 0.256 e. The number of hydrogen-bond donors (Lipinski definition) is 1. The van der Waals surface area contributed by atoms with Gasteiger partial charge in [0, 0.05) is 17.0 Å². The van der Waals surface area contributed by atoms with E-state index in [1.54, 1.807) is 6.20 Å². The van der Waals surface area contributed by atoms with Crippen LogP contribution >= 0.6 is 0 Å². The number of ether oxygens (including phenoxy) is 2. The van der Waals surface area contributed by atoms with Gasteiger partial charge in [-0.15, -0.1) is 0 Å². The normalized spacial score (nSPS) is 13.3. The molecular formula is C17H10N2O3. The Labute approximate surface area is 124 Å². The van der Waals surface area contributed by atoms with E-state index in [-0.39, 0.29) is 12.4 Å². The first-order valence-corrected chi connectivity index (χ1v) is 6.95. The van der Waals surface area contributed by atoms with Crippen molar-refractivity contribution in [3.05, 3.63) is 52.9 Å². The predicted octanol–water partition coefficient (Wildman–Crippen LogP) is 2.96. The van der Waals surface area contributed by atoms with Crippen LogP contribution in [0.5, 0.6) is 11.5 Å². The van der Waals surface area contributed by atoms with Crippen molar-refractivity contribution in [1.29, 1.82) is 0 Å². The van der Waals surface area contributed by atoms with Crippen LogP contribution in [0.25, 0.3) is 32.6 Å². The summed E-state index contributed by atoms with van der Waals surface area (Å²) < 4.78 is 11.0. The Hall–Kier alpha value is -3.08. The zero-order valence-electron chi connectivity index (χ0n) is 11.4. The van der Waals surface area contributed by atoms with Gasteiger partial charge in [-0.05, 0) is 23.6 Å². The second-order valence-electron chi connectivity index (χ2n) is 5.24. The molecule has 0 fully saturated rings. The van der Waals surface area contributed by atoms with Gasteiger partial charge in [0.05, 0.1) is 16.4 Å². The van der Waals surface area contributed by atoms with Crippen molar-refractivity contribution in [2.24, 2.45) is 0 Å². The summed E-state index contributed by atoms with van der Waals surface area (Å²) in [6.07, 6.45) is 1.79. The molecule has 5 rings (SSSR count). The third-order valence-electron chi connectivity index (χ3n) is 4.07. The van der Waals surface area contributed by atoms with Crippen molar-refractivity contribution >= 4 is 32.6 Å². The molecule has 0 atom stereocenters. The summed E-state index contributed by atoms with van der Waals surface area (Å²) in [5.41, 5.74) is 1.38. The van der Waals surface area contributed by atoms with Gasteiger partial charge in [0.1, 0.15) is 0 Å². The molecule has 0 aliphatic carbocycles. The number of H-pyrrole nitrogens is 1. The van der Waals surface area contributed by atoms with Crippen LogP contribution < -0.4 is 15.0 Å². The molecule has 0 amide bonds. The number of nitrogens with one attached hydrogen (secondary N) is 1. The van der Waals surface area contributed by atoms with E-state index in [1.807, 2.05) is 36.4 Å². The summed E-state index contributed by atoms with van der Waals surface area (Å²) in [5, 5.41) is 3.22. The molecule has 0 spiro atoms. The highest BCUT2D eigenvalue weighted by Gasteiger charge is 2.20. The molecule has 0 radical (unpaired) electrons. The van der Waals surface area contributed by atoms with E-state index in [2.05, 4.69) is 9.97 Å². The topological polar surface area (TPSA) is 64.2 Å². The molecule has 22 heavy (non-hydrogen) atoms. The highest BCUT2D eigenvalue weighted by molar-refractivity contribution is 6.15. The average molecular weight is 290 g/mol. The molecule has 1 N–H and O–H groups in total. The lowest BCUT2D eigenvalue weighted by atomic mass is 10.0. The predicted molar refractivity (Wildman–Crippen MR) is 83.5 cm³/mol. The SMILES string of the molecule is O=c1[nH]c2c(cnc3ccc4c(c32)OCO4)c2ccccc12. The molecule has 5 heteroatoms. The summed E-state index contributed by atoms with van der Waals surface area (Å²) in [6, 6.07) is 11.2. The van der Waals surface area contributed by atoms with Crippen LogP contribution in [0.15, 0.2) is 47.4 Å². The zero-order chi connectivity index (χ0) is 14.7. The van der Waals surface area contributed by atoms with Gasteiger partial charge in [-0.2, -0.15) is 0 Å². The fourth-order valence-corrected chi connectivity index (χ4v) is 3.08. The number of rotatable bonds is 0. The monoisotopic (exact) mass is 290 g/mol. The average Bonchev–Trinajstić information content (AvgIpc) is 3.03. The van der Waals surface area contributed by atoms with Crippen molar-refractivity contribution in [2.45, 2.75) is 0 Å². The molecule has 5 nitrogen and oxygen atoms in total. The Morgan fingerprint density at radius 2 is 1.86 bits per heavy atom. The van der Waals surface area contributed by atoms with Crippen LogP contribution in [-0.2, 0) is 0 Å². The fraction of sp³-hybridized carbons (Fsp3) is 0.0588. The van der Waals surface area contributed by atoms with E-state index < -0.39 is 0 Å². The molecule has 0 unspecified atom stereocenters. The lowest BCUT2D eigenvalue weighted by Gasteiger charge is -2.08. The zero-order valence-corrected chi connectivity index (χ0v) is 11.4. The van der Waals surface area contributed by atoms with Crippen LogP contribution in [0.2, 0.25) is 0 Å². The van der Waals surface area contributed by atoms with Gasteiger partial charge < -0.3 is 14.5 Å². The van der Waals surface area contributed by atoms with Crippen molar-refractivity contribution in [3.63, 3.8) is 0 Å². The first-order chi connectivity index (χ1) is 10.8. The molecule has 0 bridgehead atoms. The second-order valence-corrected chi connectivity index (χ2v) is 5.24. The summed E-state index contributed by atoms with van der Waals surface area (Å²) >= 11 is 0. The van der Waals surface area contributed by atoms with Crippen molar-refractivity contribution in [3.8, 4) is 11.5 Å².